The molecule has 0 aromatic heterocycles. The first-order valence-corrected chi connectivity index (χ1v) is 8.49. The number of likely N-dealkylation sites (tertiary alicyclic amines) is 1. The molecule has 1 aromatic carbocycles. The van der Waals surface area contributed by atoms with E-state index in [2.05, 4.69) is 11.6 Å². The highest BCUT2D eigenvalue weighted by molar-refractivity contribution is 7.89. The quantitative estimate of drug-likeness (QED) is 0.841. The number of halogens is 1. The van der Waals surface area contributed by atoms with E-state index in [1.165, 1.54) is 17.4 Å². The average molecular weight is 304 g/mol. The van der Waals surface area contributed by atoms with Gasteiger partial charge in [0.25, 0.3) is 0 Å². The fourth-order valence-electron chi connectivity index (χ4n) is 2.65. The van der Waals surface area contributed by atoms with Crippen LogP contribution in [-0.4, -0.2) is 34.1 Å². The van der Waals surface area contributed by atoms with Crippen LogP contribution in [0.5, 0.6) is 0 Å². The predicted octanol–water partition coefficient (Wildman–Crippen LogP) is 0.686. The molecule has 1 heterocycles. The van der Waals surface area contributed by atoms with Crippen molar-refractivity contribution >= 4 is 21.6 Å². The van der Waals surface area contributed by atoms with Crippen LogP contribution in [0.15, 0.2) is 29.2 Å². The maximum atomic E-state index is 12.2. The summed E-state index contributed by atoms with van der Waals surface area (Å²) in [6, 6.07) is 6.90. The van der Waals surface area contributed by atoms with E-state index in [1.807, 2.05) is 0 Å². The Labute approximate surface area is 119 Å². The van der Waals surface area contributed by atoms with Crippen LogP contribution in [0.25, 0.3) is 0 Å². The standard InChI is InChI=1S/C13H19ClN2O2S/c1-2-16-9-5-6-11(16)10-15-19(17,18)13-8-4-3-7-12(13)14/h3-4,7-8,11,15H,2,5-6,9-10H2,1H3/p+1/t11-/m1/s1. The molecule has 19 heavy (non-hydrogen) atoms. The van der Waals surface area contributed by atoms with Crippen molar-refractivity contribution in [2.24, 2.45) is 0 Å². The van der Waals surface area contributed by atoms with Crippen LogP contribution in [0.4, 0.5) is 0 Å². The smallest absolute Gasteiger partial charge is 0.242 e. The van der Waals surface area contributed by atoms with Gasteiger partial charge >= 0.3 is 0 Å². The van der Waals surface area contributed by atoms with Gasteiger partial charge in [-0.2, -0.15) is 0 Å². The van der Waals surface area contributed by atoms with Gasteiger partial charge in [-0.3, -0.25) is 0 Å². The fourth-order valence-corrected chi connectivity index (χ4v) is 4.25. The van der Waals surface area contributed by atoms with Crippen LogP contribution in [-0.2, 0) is 10.0 Å². The summed E-state index contributed by atoms with van der Waals surface area (Å²) in [4.78, 5) is 1.63. The van der Waals surface area contributed by atoms with Crippen LogP contribution in [0.1, 0.15) is 19.8 Å². The molecule has 0 bridgehead atoms. The zero-order valence-electron chi connectivity index (χ0n) is 11.0. The molecule has 6 heteroatoms. The Morgan fingerprint density at radius 2 is 2.16 bits per heavy atom. The van der Waals surface area contributed by atoms with Gasteiger partial charge < -0.3 is 4.90 Å². The highest BCUT2D eigenvalue weighted by atomic mass is 35.5. The lowest BCUT2D eigenvalue weighted by molar-refractivity contribution is -0.909. The van der Waals surface area contributed by atoms with Gasteiger partial charge in [0.2, 0.25) is 10.0 Å². The zero-order valence-corrected chi connectivity index (χ0v) is 12.6. The second kappa shape index (κ2) is 6.22. The lowest BCUT2D eigenvalue weighted by Gasteiger charge is -2.20. The molecule has 2 atom stereocenters. The summed E-state index contributed by atoms with van der Waals surface area (Å²) in [7, 11) is -3.51. The Kier molecular flexibility index (Phi) is 4.84. The van der Waals surface area contributed by atoms with Crippen molar-refractivity contribution in [3.63, 3.8) is 0 Å². The maximum absolute atomic E-state index is 12.2. The van der Waals surface area contributed by atoms with Gasteiger partial charge in [0.05, 0.1) is 24.7 Å². The number of quaternary nitrogens is 1. The minimum atomic E-state index is -3.51. The number of hydrogen-bond acceptors (Lipinski definition) is 2. The Morgan fingerprint density at radius 1 is 1.42 bits per heavy atom. The molecule has 1 unspecified atom stereocenters. The van der Waals surface area contributed by atoms with Gasteiger partial charge in [-0.1, -0.05) is 23.7 Å². The molecule has 106 valence electrons. The van der Waals surface area contributed by atoms with Crippen molar-refractivity contribution in [1.29, 1.82) is 0 Å². The normalized spacial score (nSPS) is 23.7. The summed E-state index contributed by atoms with van der Waals surface area (Å²) in [5, 5.41) is 0.265. The highest BCUT2D eigenvalue weighted by Gasteiger charge is 2.28. The van der Waals surface area contributed by atoms with Gasteiger partial charge in [0, 0.05) is 12.8 Å². The molecule has 2 rings (SSSR count). The minimum absolute atomic E-state index is 0.160. The molecule has 0 aliphatic carbocycles. The number of benzene rings is 1. The van der Waals surface area contributed by atoms with Crippen molar-refractivity contribution < 1.29 is 13.3 Å². The second-order valence-electron chi connectivity index (χ2n) is 4.88. The summed E-state index contributed by atoms with van der Waals surface area (Å²) < 4.78 is 27.1. The molecule has 1 fully saturated rings. The summed E-state index contributed by atoms with van der Waals surface area (Å²) in [5.74, 6) is 0. The molecule has 0 spiro atoms. The molecule has 1 aromatic rings. The number of hydrogen-bond donors (Lipinski definition) is 2. The van der Waals surface area contributed by atoms with Crippen LogP contribution >= 0.6 is 11.6 Å². The lowest BCUT2D eigenvalue weighted by Crippen LogP contribution is -3.14. The van der Waals surface area contributed by atoms with E-state index in [4.69, 9.17) is 11.6 Å². The Hall–Kier alpha value is -0.620. The van der Waals surface area contributed by atoms with E-state index in [0.29, 0.717) is 12.6 Å². The molecular weight excluding hydrogens is 284 g/mol. The summed E-state index contributed by atoms with van der Waals surface area (Å²) in [5.41, 5.74) is 0. The number of likely N-dealkylation sites (N-methyl/N-ethyl adjacent to an activating group) is 1. The van der Waals surface area contributed by atoms with Crippen LogP contribution in [0.2, 0.25) is 5.02 Å². The first-order chi connectivity index (χ1) is 9.04. The van der Waals surface area contributed by atoms with Gasteiger partial charge in [0.1, 0.15) is 10.9 Å². The molecule has 0 saturated carbocycles. The third-order valence-electron chi connectivity index (χ3n) is 3.73. The van der Waals surface area contributed by atoms with Gasteiger partial charge in [-0.25, -0.2) is 13.1 Å². The SMILES string of the molecule is CC[NH+]1CCC[C@@H]1CNS(=O)(=O)c1ccccc1Cl. The van der Waals surface area contributed by atoms with Gasteiger partial charge in [-0.15, -0.1) is 0 Å². The Morgan fingerprint density at radius 3 is 2.84 bits per heavy atom. The van der Waals surface area contributed by atoms with E-state index in [0.717, 1.165) is 19.5 Å². The monoisotopic (exact) mass is 303 g/mol. The maximum Gasteiger partial charge on any atom is 0.242 e. The Bertz CT molecular complexity index is 533. The molecule has 1 saturated heterocycles. The zero-order chi connectivity index (χ0) is 13.9. The minimum Gasteiger partial charge on any atom is -0.332 e. The van der Waals surface area contributed by atoms with E-state index >= 15 is 0 Å². The molecule has 0 amide bonds. The van der Waals surface area contributed by atoms with Gasteiger partial charge in [-0.05, 0) is 19.1 Å². The van der Waals surface area contributed by atoms with E-state index in [9.17, 15) is 8.42 Å². The number of sulfonamides is 1. The van der Waals surface area contributed by atoms with E-state index in [1.54, 1.807) is 18.2 Å². The molecule has 2 N–H and O–H groups in total. The molecule has 1 aliphatic heterocycles. The largest absolute Gasteiger partial charge is 0.332 e. The summed E-state index contributed by atoms with van der Waals surface area (Å²) in [6.07, 6.45) is 2.25. The topological polar surface area (TPSA) is 50.6 Å². The van der Waals surface area contributed by atoms with Crippen molar-refractivity contribution in [3.05, 3.63) is 29.3 Å². The average Bonchev–Trinajstić information content (AvgIpc) is 2.84. The summed E-state index contributed by atoms with van der Waals surface area (Å²) >= 11 is 5.94. The molecule has 0 radical (unpaired) electrons. The van der Waals surface area contributed by atoms with Crippen LogP contribution < -0.4 is 9.62 Å². The second-order valence-corrected chi connectivity index (χ2v) is 7.03. The first-order valence-electron chi connectivity index (χ1n) is 6.63. The van der Waals surface area contributed by atoms with Crippen molar-refractivity contribution in [2.75, 3.05) is 19.6 Å². The highest BCUT2D eigenvalue weighted by Crippen LogP contribution is 2.20. The van der Waals surface area contributed by atoms with Gasteiger partial charge in [0.15, 0.2) is 0 Å². The van der Waals surface area contributed by atoms with Crippen molar-refractivity contribution in [3.8, 4) is 0 Å². The lowest BCUT2D eigenvalue weighted by atomic mass is 10.2. The third kappa shape index (κ3) is 3.48. The van der Waals surface area contributed by atoms with Crippen LogP contribution in [0.3, 0.4) is 0 Å². The molecular formula is C13H20ClN2O2S+. The van der Waals surface area contributed by atoms with E-state index < -0.39 is 10.0 Å². The summed E-state index contributed by atoms with van der Waals surface area (Å²) in [6.45, 7) is 4.79. The van der Waals surface area contributed by atoms with Crippen molar-refractivity contribution in [2.45, 2.75) is 30.7 Å². The first kappa shape index (κ1) is 14.8. The predicted molar refractivity (Wildman–Crippen MR) is 76.0 cm³/mol. The number of rotatable bonds is 5. The molecule has 4 nitrogen and oxygen atoms in total. The van der Waals surface area contributed by atoms with Crippen molar-refractivity contribution in [1.82, 2.24) is 4.72 Å². The number of nitrogens with one attached hydrogen (secondary N) is 2. The van der Waals surface area contributed by atoms with E-state index in [-0.39, 0.29) is 9.92 Å². The molecule has 1 aliphatic rings. The van der Waals surface area contributed by atoms with Crippen LogP contribution in [0, 0.1) is 0 Å². The Balaban J connectivity index is 2.04. The third-order valence-corrected chi connectivity index (χ3v) is 5.65. The fraction of sp³-hybridized carbons (Fsp3) is 0.538.